The fraction of sp³-hybridized carbons (Fsp3) is 0.417. The Morgan fingerprint density at radius 3 is 2.50 bits per heavy atom. The third-order valence-electron chi connectivity index (χ3n) is 6.15. The number of amides is 1. The molecule has 1 atom stereocenters. The maximum Gasteiger partial charge on any atom is 0.279 e. The Morgan fingerprint density at radius 2 is 1.84 bits per heavy atom. The van der Waals surface area contributed by atoms with Gasteiger partial charge in [-0.05, 0) is 67.6 Å². The van der Waals surface area contributed by atoms with Gasteiger partial charge >= 0.3 is 0 Å². The average Bonchev–Trinajstić information content (AvgIpc) is 3.08. The molecule has 6 nitrogen and oxygen atoms in total. The van der Waals surface area contributed by atoms with Crippen LogP contribution in [0.25, 0.3) is 10.2 Å². The second kappa shape index (κ2) is 8.92. The summed E-state index contributed by atoms with van der Waals surface area (Å²) in [6.45, 7) is 6.79. The summed E-state index contributed by atoms with van der Waals surface area (Å²) >= 11 is 1.48. The van der Waals surface area contributed by atoms with E-state index in [4.69, 9.17) is 0 Å². The summed E-state index contributed by atoms with van der Waals surface area (Å²) < 4.78 is 30.6. The van der Waals surface area contributed by atoms with Gasteiger partial charge in [0.1, 0.15) is 0 Å². The molecule has 0 bridgehead atoms. The Morgan fingerprint density at radius 1 is 1.12 bits per heavy atom. The molecule has 0 radical (unpaired) electrons. The minimum Gasteiger partial charge on any atom is -0.319 e. The van der Waals surface area contributed by atoms with Gasteiger partial charge in [0.05, 0.1) is 15.1 Å². The number of thiazole rings is 1. The molecular weight excluding hydrogens is 442 g/mol. The van der Waals surface area contributed by atoms with Crippen molar-refractivity contribution in [2.45, 2.75) is 56.9 Å². The van der Waals surface area contributed by atoms with Gasteiger partial charge in [0.2, 0.25) is 10.0 Å². The average molecular weight is 472 g/mol. The molecule has 2 aromatic carbocycles. The van der Waals surface area contributed by atoms with Crippen LogP contribution in [0.2, 0.25) is 0 Å². The zero-order valence-corrected chi connectivity index (χ0v) is 20.5. The lowest BCUT2D eigenvalue weighted by Crippen LogP contribution is -2.41. The number of sulfonamides is 1. The Bertz CT molecular complexity index is 1320. The molecule has 1 saturated heterocycles. The summed E-state index contributed by atoms with van der Waals surface area (Å²) in [5, 5.41) is 0. The summed E-state index contributed by atoms with van der Waals surface area (Å²) in [4.78, 5) is 18.0. The third-order valence-corrected chi connectivity index (χ3v) is 9.27. The van der Waals surface area contributed by atoms with E-state index in [2.05, 4.69) is 37.0 Å². The first kappa shape index (κ1) is 22.9. The van der Waals surface area contributed by atoms with E-state index in [9.17, 15) is 13.2 Å². The van der Waals surface area contributed by atoms with E-state index in [1.54, 1.807) is 16.4 Å². The fourth-order valence-corrected chi connectivity index (χ4v) is 6.87. The molecule has 1 amide bonds. The van der Waals surface area contributed by atoms with Crippen molar-refractivity contribution in [2.24, 2.45) is 12.0 Å². The minimum absolute atomic E-state index is 0.00534. The highest BCUT2D eigenvalue weighted by Crippen LogP contribution is 2.26. The molecule has 1 aromatic heterocycles. The highest BCUT2D eigenvalue weighted by atomic mass is 32.2. The lowest BCUT2D eigenvalue weighted by molar-refractivity contribution is 0.0998. The summed E-state index contributed by atoms with van der Waals surface area (Å²) in [5.41, 5.74) is 2.65. The van der Waals surface area contributed by atoms with Gasteiger partial charge in [-0.25, -0.2) is 8.42 Å². The molecule has 32 heavy (non-hydrogen) atoms. The van der Waals surface area contributed by atoms with Gasteiger partial charge < -0.3 is 4.57 Å². The monoisotopic (exact) mass is 471 g/mol. The van der Waals surface area contributed by atoms with Crippen molar-refractivity contribution >= 4 is 37.5 Å². The number of hydrogen-bond acceptors (Lipinski definition) is 4. The van der Waals surface area contributed by atoms with Crippen LogP contribution in [-0.4, -0.2) is 35.8 Å². The van der Waals surface area contributed by atoms with Crippen molar-refractivity contribution in [3.8, 4) is 0 Å². The van der Waals surface area contributed by atoms with Gasteiger partial charge in [0, 0.05) is 25.2 Å². The van der Waals surface area contributed by atoms with Crippen molar-refractivity contribution in [1.29, 1.82) is 0 Å². The maximum absolute atomic E-state index is 13.0. The molecule has 1 unspecified atom stereocenters. The SMILES string of the molecule is CC(C)c1ccc2c(c1)sc(=NC(=O)c1ccc(S(=O)(=O)N3CCCCC3C)cc1)n2C. The predicted octanol–water partition coefficient (Wildman–Crippen LogP) is 4.67. The Hall–Kier alpha value is -2.29. The van der Waals surface area contributed by atoms with Crippen LogP contribution in [0.1, 0.15) is 61.9 Å². The number of carbonyl (C=O) groups excluding carboxylic acids is 1. The second-order valence-electron chi connectivity index (χ2n) is 8.73. The normalized spacial score (nSPS) is 18.5. The molecule has 1 fully saturated rings. The van der Waals surface area contributed by atoms with Gasteiger partial charge in [-0.15, -0.1) is 0 Å². The molecule has 3 aromatic rings. The van der Waals surface area contributed by atoms with Crippen molar-refractivity contribution < 1.29 is 13.2 Å². The zero-order valence-electron chi connectivity index (χ0n) is 18.9. The van der Waals surface area contributed by atoms with E-state index in [1.165, 1.54) is 29.0 Å². The zero-order chi connectivity index (χ0) is 23.0. The Labute approximate surface area is 193 Å². The van der Waals surface area contributed by atoms with E-state index in [1.807, 2.05) is 18.5 Å². The topological polar surface area (TPSA) is 71.7 Å². The van der Waals surface area contributed by atoms with E-state index in [-0.39, 0.29) is 16.8 Å². The molecule has 2 heterocycles. The van der Waals surface area contributed by atoms with E-state index < -0.39 is 10.0 Å². The van der Waals surface area contributed by atoms with Crippen LogP contribution in [0.5, 0.6) is 0 Å². The van der Waals surface area contributed by atoms with Gasteiger partial charge in [0.15, 0.2) is 4.80 Å². The van der Waals surface area contributed by atoms with Crippen LogP contribution >= 0.6 is 11.3 Å². The molecular formula is C24H29N3O3S2. The quantitative estimate of drug-likeness (QED) is 0.555. The van der Waals surface area contributed by atoms with Crippen LogP contribution < -0.4 is 4.80 Å². The number of rotatable bonds is 4. The number of piperidine rings is 1. The molecule has 1 aliphatic heterocycles. The number of benzene rings is 2. The van der Waals surface area contributed by atoms with Crippen molar-refractivity contribution in [2.75, 3.05) is 6.54 Å². The van der Waals surface area contributed by atoms with Crippen molar-refractivity contribution in [3.05, 3.63) is 58.4 Å². The van der Waals surface area contributed by atoms with Crippen LogP contribution in [0.15, 0.2) is 52.4 Å². The number of nitrogens with zero attached hydrogens (tertiary/aromatic N) is 3. The first-order valence-electron chi connectivity index (χ1n) is 11.0. The van der Waals surface area contributed by atoms with Crippen molar-refractivity contribution in [3.63, 3.8) is 0 Å². The number of hydrogen-bond donors (Lipinski definition) is 0. The van der Waals surface area contributed by atoms with Crippen LogP contribution in [0.4, 0.5) is 0 Å². The van der Waals surface area contributed by atoms with E-state index >= 15 is 0 Å². The molecule has 1 aliphatic rings. The summed E-state index contributed by atoms with van der Waals surface area (Å²) in [7, 11) is -1.66. The summed E-state index contributed by atoms with van der Waals surface area (Å²) in [6.07, 6.45) is 2.81. The van der Waals surface area contributed by atoms with E-state index in [0.29, 0.717) is 22.8 Å². The largest absolute Gasteiger partial charge is 0.319 e. The van der Waals surface area contributed by atoms with Crippen LogP contribution in [0.3, 0.4) is 0 Å². The van der Waals surface area contributed by atoms with Gasteiger partial charge in [-0.3, -0.25) is 4.79 Å². The fourth-order valence-electron chi connectivity index (χ4n) is 4.10. The van der Waals surface area contributed by atoms with Gasteiger partial charge in [-0.1, -0.05) is 37.7 Å². The molecule has 170 valence electrons. The predicted molar refractivity (Wildman–Crippen MR) is 128 cm³/mol. The smallest absolute Gasteiger partial charge is 0.279 e. The molecule has 4 rings (SSSR count). The number of fused-ring (bicyclic) bond motifs is 1. The number of aryl methyl sites for hydroxylation is 1. The highest BCUT2D eigenvalue weighted by Gasteiger charge is 2.30. The van der Waals surface area contributed by atoms with Crippen molar-refractivity contribution in [1.82, 2.24) is 8.87 Å². The molecule has 0 aliphatic carbocycles. The summed E-state index contributed by atoms with van der Waals surface area (Å²) in [5.74, 6) is 0.0445. The maximum atomic E-state index is 13.0. The Kier molecular flexibility index (Phi) is 6.38. The Balaban J connectivity index is 1.62. The second-order valence-corrected chi connectivity index (χ2v) is 11.6. The lowest BCUT2D eigenvalue weighted by atomic mass is 10.0. The molecule has 8 heteroatoms. The lowest BCUT2D eigenvalue weighted by Gasteiger charge is -2.32. The van der Waals surface area contributed by atoms with Crippen LogP contribution in [0, 0.1) is 0 Å². The summed E-state index contributed by atoms with van der Waals surface area (Å²) in [6, 6.07) is 12.4. The highest BCUT2D eigenvalue weighted by molar-refractivity contribution is 7.89. The number of carbonyl (C=O) groups is 1. The molecule has 0 spiro atoms. The van der Waals surface area contributed by atoms with Crippen LogP contribution in [-0.2, 0) is 17.1 Å². The first-order chi connectivity index (χ1) is 15.2. The molecule has 0 saturated carbocycles. The number of aromatic nitrogens is 1. The molecule has 0 N–H and O–H groups in total. The standard InChI is InChI=1S/C24H29N3O3S2/c1-16(2)19-10-13-21-22(15-19)31-24(26(21)4)25-23(28)18-8-11-20(12-9-18)32(29,30)27-14-6-5-7-17(27)3/h8-13,15-17H,5-7,14H2,1-4H3. The van der Waals surface area contributed by atoms with Gasteiger partial charge in [-0.2, -0.15) is 9.30 Å². The minimum atomic E-state index is -3.56. The first-order valence-corrected chi connectivity index (χ1v) is 13.2. The van der Waals surface area contributed by atoms with E-state index in [0.717, 1.165) is 29.5 Å². The van der Waals surface area contributed by atoms with Gasteiger partial charge in [0.25, 0.3) is 5.91 Å². The third kappa shape index (κ3) is 4.31.